The lowest BCUT2D eigenvalue weighted by molar-refractivity contribution is -0.877. The number of nitrogens with zero attached hydrogens (tertiary/aromatic N) is 1. The second-order valence-corrected chi connectivity index (χ2v) is 9.22. The Morgan fingerprint density at radius 3 is 1.81 bits per heavy atom. The Balaban J connectivity index is 3.73. The van der Waals surface area contributed by atoms with E-state index in [0.29, 0.717) is 17.4 Å². The molecule has 0 fully saturated rings. The number of hydrogen-bond acceptors (Lipinski definition) is 2. The van der Waals surface area contributed by atoms with Crippen molar-refractivity contribution < 1.29 is 19.5 Å². The van der Waals surface area contributed by atoms with E-state index in [9.17, 15) is 9.90 Å². The number of aliphatic hydroxyl groups is 1. The van der Waals surface area contributed by atoms with Crippen LogP contribution in [0.3, 0.4) is 0 Å². The molecule has 0 aliphatic rings. The fraction of sp³-hybridized carbons (Fsp3) is 0.870. The molecule has 0 heterocycles. The third kappa shape index (κ3) is 18.3. The number of aliphatic carboxylic acids is 1. The molecule has 160 valence electrons. The van der Waals surface area contributed by atoms with E-state index in [0.717, 1.165) is 12.8 Å². The lowest BCUT2D eigenvalue weighted by Gasteiger charge is -2.34. The van der Waals surface area contributed by atoms with E-state index in [1.165, 1.54) is 64.2 Å². The highest BCUT2D eigenvalue weighted by Crippen LogP contribution is 2.23. The molecule has 1 atom stereocenters. The summed E-state index contributed by atoms with van der Waals surface area (Å²) in [5, 5.41) is 19.8. The molecule has 0 aliphatic heterocycles. The first-order valence-corrected chi connectivity index (χ1v) is 11.1. The molecule has 0 amide bonds. The van der Waals surface area contributed by atoms with E-state index in [4.69, 9.17) is 5.11 Å². The van der Waals surface area contributed by atoms with Gasteiger partial charge in [-0.1, -0.05) is 70.4 Å². The van der Waals surface area contributed by atoms with E-state index in [1.807, 2.05) is 21.1 Å². The number of allylic oxidation sites excluding steroid dienone is 2. The van der Waals surface area contributed by atoms with Gasteiger partial charge in [0.1, 0.15) is 12.1 Å². The van der Waals surface area contributed by atoms with Gasteiger partial charge in [0.05, 0.1) is 27.6 Å². The monoisotopic (exact) mass is 384 g/mol. The average Bonchev–Trinajstić information content (AvgIpc) is 2.52. The first-order chi connectivity index (χ1) is 12.7. The maximum Gasteiger partial charge on any atom is 0.306 e. The number of carbonyl (C=O) groups is 1. The molecule has 0 unspecified atom stereocenters. The summed E-state index contributed by atoms with van der Waals surface area (Å²) < 4.78 is 0.579. The summed E-state index contributed by atoms with van der Waals surface area (Å²) in [6.07, 6.45) is 19.8. The molecular weight excluding hydrogens is 338 g/mol. The topological polar surface area (TPSA) is 57.5 Å². The van der Waals surface area contributed by atoms with E-state index in [-0.39, 0.29) is 6.42 Å². The lowest BCUT2D eigenvalue weighted by atomic mass is 9.91. The highest BCUT2D eigenvalue weighted by atomic mass is 16.4. The predicted molar refractivity (Wildman–Crippen MR) is 115 cm³/mol. The smallest absolute Gasteiger partial charge is 0.306 e. The molecule has 2 N–H and O–H groups in total. The third-order valence-corrected chi connectivity index (χ3v) is 4.90. The van der Waals surface area contributed by atoms with Crippen LogP contribution in [-0.4, -0.2) is 54.0 Å². The van der Waals surface area contributed by atoms with Crippen molar-refractivity contribution in [2.75, 3.05) is 27.7 Å². The Kier molecular flexibility index (Phi) is 14.6. The summed E-state index contributed by atoms with van der Waals surface area (Å²) in [5.41, 5.74) is -1.09. The molecule has 0 aromatic heterocycles. The standard InChI is InChI=1S/C23H45NO3/c1-5-6-7-8-9-10-11-12-13-14-15-16-17-18-19-23(27,20-22(25)26)21-24(2,3)4/h10-11,27H,5-9,12-21H2,1-4H3/p+1/b11-10-/t23-/m1/s1. The van der Waals surface area contributed by atoms with Crippen LogP contribution in [0.1, 0.15) is 96.8 Å². The van der Waals surface area contributed by atoms with Gasteiger partial charge in [0, 0.05) is 0 Å². The molecule has 0 aromatic rings. The number of quaternary nitrogens is 1. The molecule has 4 heteroatoms. The van der Waals surface area contributed by atoms with Crippen molar-refractivity contribution in [2.45, 2.75) is 102 Å². The number of carboxylic acid groups (broad SMARTS) is 1. The zero-order chi connectivity index (χ0) is 20.6. The van der Waals surface area contributed by atoms with Crippen molar-refractivity contribution >= 4 is 5.97 Å². The Bertz CT molecular complexity index is 401. The Morgan fingerprint density at radius 2 is 1.33 bits per heavy atom. The number of carboxylic acids is 1. The fourth-order valence-electron chi connectivity index (χ4n) is 3.74. The zero-order valence-corrected chi connectivity index (χ0v) is 18.5. The van der Waals surface area contributed by atoms with E-state index >= 15 is 0 Å². The molecule has 27 heavy (non-hydrogen) atoms. The van der Waals surface area contributed by atoms with Crippen molar-refractivity contribution in [2.24, 2.45) is 0 Å². The SMILES string of the molecule is CCCCCC/C=C\CCCCCCCC[C@@](O)(CC(=O)O)C[N+](C)(C)C. The summed E-state index contributed by atoms with van der Waals surface area (Å²) in [6, 6.07) is 0. The first kappa shape index (κ1) is 26.1. The normalized spacial score (nSPS) is 14.6. The van der Waals surface area contributed by atoms with Crippen LogP contribution in [0.2, 0.25) is 0 Å². The summed E-state index contributed by atoms with van der Waals surface area (Å²) >= 11 is 0. The molecule has 0 bridgehead atoms. The average molecular weight is 385 g/mol. The summed E-state index contributed by atoms with van der Waals surface area (Å²) in [6.45, 7) is 2.72. The van der Waals surface area contributed by atoms with Crippen LogP contribution >= 0.6 is 0 Å². The van der Waals surface area contributed by atoms with Crippen LogP contribution < -0.4 is 0 Å². The molecule has 0 aliphatic carbocycles. The van der Waals surface area contributed by atoms with E-state index in [1.54, 1.807) is 0 Å². The van der Waals surface area contributed by atoms with Gasteiger partial charge in [-0.15, -0.1) is 0 Å². The lowest BCUT2D eigenvalue weighted by Crippen LogP contribution is -2.50. The summed E-state index contributed by atoms with van der Waals surface area (Å²) in [7, 11) is 5.98. The van der Waals surface area contributed by atoms with Crippen LogP contribution in [-0.2, 0) is 4.79 Å². The summed E-state index contributed by atoms with van der Waals surface area (Å²) in [4.78, 5) is 11.1. The fourth-order valence-corrected chi connectivity index (χ4v) is 3.74. The number of rotatable bonds is 18. The Hall–Kier alpha value is -0.870. The maximum atomic E-state index is 11.1. The molecule has 0 rings (SSSR count). The van der Waals surface area contributed by atoms with Crippen LogP contribution in [0, 0.1) is 0 Å². The van der Waals surface area contributed by atoms with Crippen molar-refractivity contribution in [1.82, 2.24) is 0 Å². The van der Waals surface area contributed by atoms with Gasteiger partial charge < -0.3 is 14.7 Å². The number of hydrogen-bond donors (Lipinski definition) is 2. The van der Waals surface area contributed by atoms with Crippen molar-refractivity contribution in [3.8, 4) is 0 Å². The minimum absolute atomic E-state index is 0.159. The van der Waals surface area contributed by atoms with Crippen LogP contribution in [0.4, 0.5) is 0 Å². The van der Waals surface area contributed by atoms with Gasteiger partial charge in [-0.3, -0.25) is 4.79 Å². The van der Waals surface area contributed by atoms with Crippen LogP contribution in [0.15, 0.2) is 12.2 Å². The number of likely N-dealkylation sites (N-methyl/N-ethyl adjacent to an activating group) is 1. The first-order valence-electron chi connectivity index (χ1n) is 11.1. The highest BCUT2D eigenvalue weighted by molar-refractivity contribution is 5.68. The molecule has 0 radical (unpaired) electrons. The minimum Gasteiger partial charge on any atom is -0.481 e. The van der Waals surface area contributed by atoms with Gasteiger partial charge in [0.15, 0.2) is 0 Å². The zero-order valence-electron chi connectivity index (χ0n) is 18.5. The second kappa shape index (κ2) is 15.1. The highest BCUT2D eigenvalue weighted by Gasteiger charge is 2.35. The second-order valence-electron chi connectivity index (χ2n) is 9.22. The van der Waals surface area contributed by atoms with Crippen LogP contribution in [0.5, 0.6) is 0 Å². The molecular formula is C23H46NO3+. The van der Waals surface area contributed by atoms with Gasteiger partial charge in [-0.25, -0.2) is 0 Å². The third-order valence-electron chi connectivity index (χ3n) is 4.90. The van der Waals surface area contributed by atoms with Gasteiger partial charge in [0.2, 0.25) is 0 Å². The maximum absolute atomic E-state index is 11.1. The predicted octanol–water partition coefficient (Wildman–Crippen LogP) is 5.55. The van der Waals surface area contributed by atoms with Crippen molar-refractivity contribution in [3.63, 3.8) is 0 Å². The minimum atomic E-state index is -1.09. The Morgan fingerprint density at radius 1 is 0.852 bits per heavy atom. The molecule has 0 aromatic carbocycles. The molecule has 0 saturated carbocycles. The van der Waals surface area contributed by atoms with Gasteiger partial charge in [0.25, 0.3) is 0 Å². The van der Waals surface area contributed by atoms with Gasteiger partial charge >= 0.3 is 5.97 Å². The Labute approximate surface area is 168 Å². The van der Waals surface area contributed by atoms with Gasteiger partial charge in [-0.05, 0) is 32.1 Å². The summed E-state index contributed by atoms with van der Waals surface area (Å²) in [5.74, 6) is -0.913. The molecule has 0 spiro atoms. The largest absolute Gasteiger partial charge is 0.481 e. The van der Waals surface area contributed by atoms with Crippen molar-refractivity contribution in [3.05, 3.63) is 12.2 Å². The van der Waals surface area contributed by atoms with Crippen molar-refractivity contribution in [1.29, 1.82) is 0 Å². The number of unbranched alkanes of at least 4 members (excludes halogenated alkanes) is 10. The van der Waals surface area contributed by atoms with E-state index < -0.39 is 11.6 Å². The van der Waals surface area contributed by atoms with Gasteiger partial charge in [-0.2, -0.15) is 0 Å². The molecule has 4 nitrogen and oxygen atoms in total. The van der Waals surface area contributed by atoms with Crippen LogP contribution in [0.25, 0.3) is 0 Å². The molecule has 0 saturated heterocycles. The van der Waals surface area contributed by atoms with E-state index in [2.05, 4.69) is 19.1 Å². The quantitative estimate of drug-likeness (QED) is 0.185.